The Balaban J connectivity index is 1.60. The molecule has 0 amide bonds. The molecule has 1 N–H and O–H groups in total. The molecular formula is C18H29F3N6. The van der Waals surface area contributed by atoms with Gasteiger partial charge in [-0.05, 0) is 45.8 Å². The van der Waals surface area contributed by atoms with Crippen molar-refractivity contribution in [3.05, 3.63) is 11.8 Å². The summed E-state index contributed by atoms with van der Waals surface area (Å²) in [6.45, 7) is 4.19. The van der Waals surface area contributed by atoms with Gasteiger partial charge >= 0.3 is 6.18 Å². The minimum absolute atomic E-state index is 0.0614. The largest absolute Gasteiger partial charge is 0.433 e. The average molecular weight is 386 g/mol. The van der Waals surface area contributed by atoms with Gasteiger partial charge in [0.2, 0.25) is 5.95 Å². The lowest BCUT2D eigenvalue weighted by Gasteiger charge is -2.41. The number of anilines is 2. The Bertz CT molecular complexity index is 620. The molecule has 9 heteroatoms. The molecule has 0 bridgehead atoms. The van der Waals surface area contributed by atoms with Gasteiger partial charge in [0.05, 0.1) is 0 Å². The molecule has 2 aliphatic rings. The van der Waals surface area contributed by atoms with Crippen molar-refractivity contribution >= 4 is 11.8 Å². The molecule has 2 fully saturated rings. The fourth-order valence-electron chi connectivity index (χ4n) is 3.82. The van der Waals surface area contributed by atoms with Crippen molar-refractivity contribution in [3.63, 3.8) is 0 Å². The lowest BCUT2D eigenvalue weighted by molar-refractivity contribution is -0.141. The second kappa shape index (κ2) is 8.18. The molecule has 0 aliphatic carbocycles. The third-order valence-corrected chi connectivity index (χ3v) is 5.53. The number of piperidine rings is 2. The van der Waals surface area contributed by atoms with Crippen molar-refractivity contribution in [1.82, 2.24) is 19.8 Å². The van der Waals surface area contributed by atoms with Crippen LogP contribution in [-0.4, -0.2) is 79.2 Å². The maximum atomic E-state index is 13.1. The van der Waals surface area contributed by atoms with E-state index >= 15 is 0 Å². The molecule has 1 aromatic rings. The van der Waals surface area contributed by atoms with Crippen molar-refractivity contribution in [2.24, 2.45) is 0 Å². The highest BCUT2D eigenvalue weighted by Gasteiger charge is 2.34. The quantitative estimate of drug-likeness (QED) is 0.858. The molecule has 0 saturated carbocycles. The number of hydrogen-bond donors (Lipinski definition) is 1. The SMILES string of the molecule is CN1CCC(N2CCC(Nc3nc(N(C)C)cc(C(F)(F)F)n3)CC2)CC1. The molecule has 3 heterocycles. The van der Waals surface area contributed by atoms with E-state index in [1.165, 1.54) is 12.8 Å². The second-order valence-electron chi connectivity index (χ2n) is 7.82. The van der Waals surface area contributed by atoms with Crippen LogP contribution in [0, 0.1) is 0 Å². The predicted molar refractivity (Wildman–Crippen MR) is 100 cm³/mol. The predicted octanol–water partition coefficient (Wildman–Crippen LogP) is 2.53. The van der Waals surface area contributed by atoms with E-state index in [1.54, 1.807) is 19.0 Å². The Morgan fingerprint density at radius 3 is 2.22 bits per heavy atom. The Labute approximate surface area is 158 Å². The van der Waals surface area contributed by atoms with Gasteiger partial charge in [-0.3, -0.25) is 0 Å². The summed E-state index contributed by atoms with van der Waals surface area (Å²) < 4.78 is 39.4. The third-order valence-electron chi connectivity index (χ3n) is 5.53. The number of nitrogens with zero attached hydrogens (tertiary/aromatic N) is 5. The highest BCUT2D eigenvalue weighted by Crippen LogP contribution is 2.30. The Morgan fingerprint density at radius 1 is 1.04 bits per heavy atom. The number of hydrogen-bond acceptors (Lipinski definition) is 6. The first-order valence-electron chi connectivity index (χ1n) is 9.55. The monoisotopic (exact) mass is 386 g/mol. The van der Waals surface area contributed by atoms with Gasteiger partial charge in [0.15, 0.2) is 5.69 Å². The number of halogens is 3. The molecule has 2 aliphatic heterocycles. The van der Waals surface area contributed by atoms with Crippen molar-refractivity contribution in [2.75, 3.05) is 57.5 Å². The molecule has 0 atom stereocenters. The molecule has 1 aromatic heterocycles. The van der Waals surface area contributed by atoms with Crippen LogP contribution >= 0.6 is 0 Å². The molecule has 0 radical (unpaired) electrons. The van der Waals surface area contributed by atoms with Crippen molar-refractivity contribution < 1.29 is 13.2 Å². The zero-order valence-electron chi connectivity index (χ0n) is 16.3. The van der Waals surface area contributed by atoms with Crippen molar-refractivity contribution in [3.8, 4) is 0 Å². The van der Waals surface area contributed by atoms with Gasteiger partial charge in [-0.1, -0.05) is 0 Å². The number of alkyl halides is 3. The summed E-state index contributed by atoms with van der Waals surface area (Å²) in [5.41, 5.74) is -0.910. The standard InChI is InChI=1S/C18H29F3N6/c1-25(2)16-12-15(18(19,20)21)23-17(24-16)22-13-4-10-27(11-5-13)14-6-8-26(3)9-7-14/h12-14H,4-11H2,1-3H3,(H,22,23,24). The number of nitrogens with one attached hydrogen (secondary N) is 1. The summed E-state index contributed by atoms with van der Waals surface area (Å²) in [6, 6.07) is 1.71. The third kappa shape index (κ3) is 5.22. The minimum Gasteiger partial charge on any atom is -0.363 e. The van der Waals surface area contributed by atoms with E-state index in [2.05, 4.69) is 32.1 Å². The fourth-order valence-corrected chi connectivity index (χ4v) is 3.82. The van der Waals surface area contributed by atoms with E-state index in [9.17, 15) is 13.2 Å². The van der Waals surface area contributed by atoms with Crippen LogP contribution < -0.4 is 10.2 Å². The van der Waals surface area contributed by atoms with Gasteiger partial charge < -0.3 is 20.0 Å². The Hall–Kier alpha value is -1.61. The zero-order chi connectivity index (χ0) is 19.6. The lowest BCUT2D eigenvalue weighted by atomic mass is 9.98. The number of aromatic nitrogens is 2. The van der Waals surface area contributed by atoms with Gasteiger partial charge in [0, 0.05) is 45.3 Å². The Kier molecular flexibility index (Phi) is 6.10. The summed E-state index contributed by atoms with van der Waals surface area (Å²) in [5.74, 6) is 0.315. The van der Waals surface area contributed by atoms with E-state index in [1.807, 2.05) is 0 Å². The second-order valence-corrected chi connectivity index (χ2v) is 7.82. The van der Waals surface area contributed by atoms with Crippen LogP contribution in [0.4, 0.5) is 24.9 Å². The first-order valence-corrected chi connectivity index (χ1v) is 9.55. The molecule has 0 unspecified atom stereocenters. The molecular weight excluding hydrogens is 357 g/mol. The van der Waals surface area contributed by atoms with Crippen molar-refractivity contribution in [1.29, 1.82) is 0 Å². The highest BCUT2D eigenvalue weighted by atomic mass is 19.4. The summed E-state index contributed by atoms with van der Waals surface area (Å²) in [5, 5.41) is 3.14. The van der Waals surface area contributed by atoms with Crippen LogP contribution in [0.5, 0.6) is 0 Å². The molecule has 0 spiro atoms. The maximum absolute atomic E-state index is 13.1. The van der Waals surface area contributed by atoms with E-state index in [0.29, 0.717) is 6.04 Å². The van der Waals surface area contributed by atoms with Crippen LogP contribution in [0.25, 0.3) is 0 Å². The van der Waals surface area contributed by atoms with Crippen LogP contribution in [0.3, 0.4) is 0 Å². The molecule has 2 saturated heterocycles. The van der Waals surface area contributed by atoms with Crippen LogP contribution in [0.15, 0.2) is 6.07 Å². The molecule has 152 valence electrons. The zero-order valence-corrected chi connectivity index (χ0v) is 16.3. The molecule has 0 aromatic carbocycles. The van der Waals surface area contributed by atoms with Gasteiger partial charge in [-0.15, -0.1) is 0 Å². The lowest BCUT2D eigenvalue weighted by Crippen LogP contribution is -2.48. The summed E-state index contributed by atoms with van der Waals surface area (Å²) in [6.07, 6.45) is -0.316. The number of rotatable bonds is 4. The van der Waals surface area contributed by atoms with E-state index < -0.39 is 11.9 Å². The summed E-state index contributed by atoms with van der Waals surface area (Å²) >= 11 is 0. The topological polar surface area (TPSA) is 47.5 Å². The van der Waals surface area contributed by atoms with E-state index in [0.717, 1.165) is 45.1 Å². The van der Waals surface area contributed by atoms with Crippen LogP contribution in [0.1, 0.15) is 31.4 Å². The first kappa shape index (κ1) is 20.1. The smallest absolute Gasteiger partial charge is 0.363 e. The van der Waals surface area contributed by atoms with Crippen LogP contribution in [-0.2, 0) is 6.18 Å². The molecule has 6 nitrogen and oxygen atoms in total. The maximum Gasteiger partial charge on any atom is 0.433 e. The van der Waals surface area contributed by atoms with Gasteiger partial charge in [-0.2, -0.15) is 18.2 Å². The Morgan fingerprint density at radius 2 is 1.67 bits per heavy atom. The number of likely N-dealkylation sites (tertiary alicyclic amines) is 2. The van der Waals surface area contributed by atoms with Crippen molar-refractivity contribution in [2.45, 2.75) is 43.9 Å². The fraction of sp³-hybridized carbons (Fsp3) is 0.778. The van der Waals surface area contributed by atoms with Crippen LogP contribution in [0.2, 0.25) is 0 Å². The highest BCUT2D eigenvalue weighted by molar-refractivity contribution is 5.44. The average Bonchev–Trinajstić information content (AvgIpc) is 2.62. The summed E-state index contributed by atoms with van der Waals surface area (Å²) in [7, 11) is 5.50. The van der Waals surface area contributed by atoms with Gasteiger partial charge in [0.1, 0.15) is 5.82 Å². The van der Waals surface area contributed by atoms with E-state index in [-0.39, 0.29) is 17.8 Å². The normalized spacial score (nSPS) is 21.4. The first-order chi connectivity index (χ1) is 12.7. The molecule has 27 heavy (non-hydrogen) atoms. The van der Waals surface area contributed by atoms with Gasteiger partial charge in [0.25, 0.3) is 0 Å². The minimum atomic E-state index is -4.48. The van der Waals surface area contributed by atoms with Gasteiger partial charge in [-0.25, -0.2) is 4.98 Å². The summed E-state index contributed by atoms with van der Waals surface area (Å²) in [4.78, 5) is 14.4. The molecule has 3 rings (SSSR count). The van der Waals surface area contributed by atoms with E-state index in [4.69, 9.17) is 0 Å².